The third-order valence-electron chi connectivity index (χ3n) is 5.92. The summed E-state index contributed by atoms with van der Waals surface area (Å²) in [6.07, 6.45) is -5.36. The maximum atomic E-state index is 13.6. The highest BCUT2D eigenvalue weighted by Crippen LogP contribution is 2.46. The Labute approximate surface area is 221 Å². The van der Waals surface area contributed by atoms with Crippen molar-refractivity contribution >= 4 is 50.5 Å². The molecule has 1 aliphatic heterocycles. The Kier molecular flexibility index (Phi) is 5.88. The van der Waals surface area contributed by atoms with E-state index in [1.807, 2.05) is 0 Å². The monoisotopic (exact) mass is 551 g/mol. The molecule has 2 N–H and O–H groups in total. The minimum absolute atomic E-state index is 0.113. The van der Waals surface area contributed by atoms with Gasteiger partial charge in [0.15, 0.2) is 0 Å². The molecule has 2 aromatic carbocycles. The molecule has 6 rings (SSSR count). The Hall–Kier alpha value is -4.22. The smallest absolute Gasteiger partial charge is 0.423 e. The average Bonchev–Trinajstić information content (AvgIpc) is 3.57. The van der Waals surface area contributed by atoms with Crippen molar-refractivity contribution in [1.29, 1.82) is 0 Å². The number of halogens is 3. The molecular formula is C27H16F3N3O3S2. The summed E-state index contributed by atoms with van der Waals surface area (Å²) < 4.78 is 46.4. The van der Waals surface area contributed by atoms with E-state index in [-0.39, 0.29) is 15.5 Å². The molecule has 0 bridgehead atoms. The minimum atomic E-state index is -4.64. The van der Waals surface area contributed by atoms with E-state index in [0.717, 1.165) is 17.4 Å². The summed E-state index contributed by atoms with van der Waals surface area (Å²) >= 11 is 2.21. The zero-order valence-corrected chi connectivity index (χ0v) is 20.8. The van der Waals surface area contributed by atoms with E-state index in [4.69, 9.17) is 4.74 Å². The lowest BCUT2D eigenvalue weighted by Gasteiger charge is -2.27. The van der Waals surface area contributed by atoms with E-state index in [1.165, 1.54) is 11.3 Å². The average molecular weight is 552 g/mol. The number of hydrogen-bond acceptors (Lipinski definition) is 7. The SMILES string of the molecule is O=C(Oc1cccc(C2NC(=O)c3sc4nc(C(F)(F)F)cc(-c5cccs5)c4c3N2)c1)c1ccccc1. The van der Waals surface area contributed by atoms with Gasteiger partial charge in [-0.25, -0.2) is 9.78 Å². The summed E-state index contributed by atoms with van der Waals surface area (Å²) in [6, 6.07) is 19.7. The van der Waals surface area contributed by atoms with E-state index in [0.29, 0.717) is 32.6 Å². The third-order valence-corrected chi connectivity index (χ3v) is 7.91. The second-order valence-corrected chi connectivity index (χ2v) is 10.3. The fourth-order valence-corrected chi connectivity index (χ4v) is 6.02. The highest BCUT2D eigenvalue weighted by Gasteiger charge is 2.36. The van der Waals surface area contributed by atoms with Gasteiger partial charge in [-0.05, 0) is 47.3 Å². The zero-order valence-electron chi connectivity index (χ0n) is 19.2. The molecule has 4 heterocycles. The fourth-order valence-electron chi connectivity index (χ4n) is 4.21. The Morgan fingerprint density at radius 3 is 2.53 bits per heavy atom. The number of carbonyl (C=O) groups excluding carboxylic acids is 2. The number of benzene rings is 2. The van der Waals surface area contributed by atoms with Crippen LogP contribution in [0.4, 0.5) is 18.9 Å². The standard InChI is InChI=1S/C27H16F3N3O3S2/c28-27(29,30)19-13-17(18-10-5-11-37-18)20-21-22(38-25(20)31-19)24(34)33-23(32-21)15-8-4-9-16(12-15)36-26(35)14-6-2-1-3-7-14/h1-13,23,32H,(H,33,34). The van der Waals surface area contributed by atoms with Gasteiger partial charge in [0.1, 0.15) is 27.3 Å². The van der Waals surface area contributed by atoms with Crippen LogP contribution >= 0.6 is 22.7 Å². The van der Waals surface area contributed by atoms with Crippen LogP contribution in [0.2, 0.25) is 0 Å². The summed E-state index contributed by atoms with van der Waals surface area (Å²) in [7, 11) is 0. The Balaban J connectivity index is 1.38. The molecule has 0 spiro atoms. The molecule has 6 nitrogen and oxygen atoms in total. The number of ether oxygens (including phenoxy) is 1. The van der Waals surface area contributed by atoms with Crippen LogP contribution in [0.3, 0.4) is 0 Å². The molecule has 190 valence electrons. The Bertz CT molecular complexity index is 1680. The molecule has 3 aromatic heterocycles. The van der Waals surface area contributed by atoms with Crippen molar-refractivity contribution in [3.63, 3.8) is 0 Å². The van der Waals surface area contributed by atoms with Crippen LogP contribution in [0.15, 0.2) is 78.2 Å². The molecule has 1 unspecified atom stereocenters. The van der Waals surface area contributed by atoms with Crippen molar-refractivity contribution in [3.05, 3.63) is 99.9 Å². The van der Waals surface area contributed by atoms with Crippen LogP contribution in [0.5, 0.6) is 5.75 Å². The Morgan fingerprint density at radius 2 is 1.79 bits per heavy atom. The molecule has 0 saturated heterocycles. The molecule has 1 atom stereocenters. The summed E-state index contributed by atoms with van der Waals surface area (Å²) in [5.41, 5.74) is 0.732. The number of fused-ring (bicyclic) bond motifs is 3. The first-order valence-corrected chi connectivity index (χ1v) is 13.0. The normalized spacial score (nSPS) is 15.0. The van der Waals surface area contributed by atoms with E-state index in [9.17, 15) is 22.8 Å². The molecular weight excluding hydrogens is 535 g/mol. The number of rotatable bonds is 4. The Morgan fingerprint density at radius 1 is 0.974 bits per heavy atom. The molecule has 38 heavy (non-hydrogen) atoms. The van der Waals surface area contributed by atoms with Gasteiger partial charge >= 0.3 is 12.1 Å². The second kappa shape index (κ2) is 9.26. The van der Waals surface area contributed by atoms with Crippen LogP contribution in [0, 0.1) is 0 Å². The number of nitrogens with one attached hydrogen (secondary N) is 2. The molecule has 0 saturated carbocycles. The summed E-state index contributed by atoms with van der Waals surface area (Å²) in [5, 5.41) is 8.32. The van der Waals surface area contributed by atoms with Crippen molar-refractivity contribution in [3.8, 4) is 16.2 Å². The third kappa shape index (κ3) is 4.39. The molecule has 0 aliphatic carbocycles. The van der Waals surface area contributed by atoms with Crippen LogP contribution < -0.4 is 15.4 Å². The number of aromatic nitrogens is 1. The first-order chi connectivity index (χ1) is 18.3. The number of amides is 1. The minimum Gasteiger partial charge on any atom is -0.423 e. The molecule has 5 aromatic rings. The highest BCUT2D eigenvalue weighted by atomic mass is 32.1. The molecule has 11 heteroatoms. The fraction of sp³-hybridized carbons (Fsp3) is 0.0741. The van der Waals surface area contributed by atoms with Gasteiger partial charge in [-0.1, -0.05) is 36.4 Å². The number of esters is 1. The van der Waals surface area contributed by atoms with Gasteiger partial charge in [0.2, 0.25) is 0 Å². The lowest BCUT2D eigenvalue weighted by molar-refractivity contribution is -0.140. The maximum Gasteiger partial charge on any atom is 0.433 e. The number of alkyl halides is 3. The van der Waals surface area contributed by atoms with E-state index < -0.39 is 29.9 Å². The topological polar surface area (TPSA) is 80.3 Å². The molecule has 1 aliphatic rings. The lowest BCUT2D eigenvalue weighted by atomic mass is 10.0. The van der Waals surface area contributed by atoms with Crippen LogP contribution in [0.1, 0.15) is 37.5 Å². The van der Waals surface area contributed by atoms with Gasteiger partial charge in [0, 0.05) is 15.8 Å². The molecule has 0 fully saturated rings. The van der Waals surface area contributed by atoms with Crippen LogP contribution in [-0.4, -0.2) is 16.9 Å². The van der Waals surface area contributed by atoms with Gasteiger partial charge in [-0.2, -0.15) is 13.2 Å². The van der Waals surface area contributed by atoms with Crippen molar-refractivity contribution in [2.24, 2.45) is 0 Å². The summed E-state index contributed by atoms with van der Waals surface area (Å²) in [6.45, 7) is 0. The van der Waals surface area contributed by atoms with Gasteiger partial charge < -0.3 is 15.4 Å². The summed E-state index contributed by atoms with van der Waals surface area (Å²) in [4.78, 5) is 30.4. The van der Waals surface area contributed by atoms with Crippen molar-refractivity contribution < 1.29 is 27.5 Å². The van der Waals surface area contributed by atoms with Crippen molar-refractivity contribution in [2.75, 3.05) is 5.32 Å². The van der Waals surface area contributed by atoms with Crippen LogP contribution in [-0.2, 0) is 6.18 Å². The molecule has 1 amide bonds. The maximum absolute atomic E-state index is 13.6. The van der Waals surface area contributed by atoms with Crippen molar-refractivity contribution in [1.82, 2.24) is 10.3 Å². The van der Waals surface area contributed by atoms with Crippen molar-refractivity contribution in [2.45, 2.75) is 12.3 Å². The van der Waals surface area contributed by atoms with Gasteiger partial charge in [0.05, 0.1) is 11.3 Å². The first kappa shape index (κ1) is 24.1. The van der Waals surface area contributed by atoms with Gasteiger partial charge in [-0.3, -0.25) is 4.79 Å². The highest BCUT2D eigenvalue weighted by molar-refractivity contribution is 7.21. The number of thiophene rings is 2. The quantitative estimate of drug-likeness (QED) is 0.184. The first-order valence-electron chi connectivity index (χ1n) is 11.3. The molecule has 0 radical (unpaired) electrons. The number of pyridine rings is 1. The summed E-state index contributed by atoms with van der Waals surface area (Å²) in [5.74, 6) is -0.685. The zero-order chi connectivity index (χ0) is 26.4. The number of hydrogen-bond donors (Lipinski definition) is 2. The predicted molar refractivity (Wildman–Crippen MR) is 140 cm³/mol. The van der Waals surface area contributed by atoms with E-state index in [2.05, 4.69) is 15.6 Å². The number of anilines is 1. The predicted octanol–water partition coefficient (Wildman–Crippen LogP) is 7.12. The van der Waals surface area contributed by atoms with Gasteiger partial charge in [-0.15, -0.1) is 22.7 Å². The second-order valence-electron chi connectivity index (χ2n) is 8.40. The van der Waals surface area contributed by atoms with Gasteiger partial charge in [0.25, 0.3) is 5.91 Å². The number of nitrogens with zero attached hydrogens (tertiary/aromatic N) is 1. The van der Waals surface area contributed by atoms with E-state index >= 15 is 0 Å². The number of carbonyl (C=O) groups is 2. The lowest BCUT2D eigenvalue weighted by Crippen LogP contribution is -2.37. The van der Waals surface area contributed by atoms with Crippen LogP contribution in [0.25, 0.3) is 20.7 Å². The largest absolute Gasteiger partial charge is 0.433 e. The van der Waals surface area contributed by atoms with E-state index in [1.54, 1.807) is 72.1 Å².